The molecule has 0 N–H and O–H groups in total. The van der Waals surface area contributed by atoms with Crippen molar-refractivity contribution in [3.8, 4) is 0 Å². The van der Waals surface area contributed by atoms with Crippen LogP contribution in [0.5, 0.6) is 0 Å². The van der Waals surface area contributed by atoms with E-state index in [1.165, 1.54) is 10.5 Å². The van der Waals surface area contributed by atoms with Crippen molar-refractivity contribution in [2.24, 2.45) is 0 Å². The van der Waals surface area contributed by atoms with Gasteiger partial charge in [0.25, 0.3) is 0 Å². The zero-order chi connectivity index (χ0) is 12.1. The minimum absolute atomic E-state index is 0.0769. The van der Waals surface area contributed by atoms with Gasteiger partial charge >= 0.3 is 108 Å². The molecule has 0 bridgehead atoms. The summed E-state index contributed by atoms with van der Waals surface area (Å²) >= 11 is 0.453. The van der Waals surface area contributed by atoms with Gasteiger partial charge in [0.2, 0.25) is 0 Å². The Morgan fingerprint density at radius 3 is 2.88 bits per heavy atom. The van der Waals surface area contributed by atoms with Crippen LogP contribution in [0.2, 0.25) is 4.82 Å². The summed E-state index contributed by atoms with van der Waals surface area (Å²) < 4.78 is 6.87. The average Bonchev–Trinajstić information content (AvgIpc) is 2.30. The van der Waals surface area contributed by atoms with Crippen LogP contribution in [0.15, 0.2) is 42.7 Å². The molecule has 3 heteroatoms. The molecule has 2 rings (SSSR count). The van der Waals surface area contributed by atoms with Gasteiger partial charge in [-0.2, -0.15) is 0 Å². The van der Waals surface area contributed by atoms with Crippen LogP contribution in [0, 0.1) is 0 Å². The van der Waals surface area contributed by atoms with E-state index in [2.05, 4.69) is 31.2 Å². The van der Waals surface area contributed by atoms with Gasteiger partial charge in [-0.1, -0.05) is 0 Å². The normalized spacial score (nSPS) is 21.0. The molecular weight excluding hydrogens is 279 g/mol. The summed E-state index contributed by atoms with van der Waals surface area (Å²) in [6, 6.07) is 10.5. The van der Waals surface area contributed by atoms with Crippen LogP contribution in [-0.4, -0.2) is 26.8 Å². The van der Waals surface area contributed by atoms with Crippen LogP contribution < -0.4 is 4.46 Å². The third kappa shape index (κ3) is 4.03. The van der Waals surface area contributed by atoms with Crippen LogP contribution in [-0.2, 0) is 9.53 Å². The summed E-state index contributed by atoms with van der Waals surface area (Å²) in [6.07, 6.45) is 4.63. The monoisotopic (exact) mass is 296 g/mol. The second kappa shape index (κ2) is 6.04. The van der Waals surface area contributed by atoms with Crippen LogP contribution >= 0.6 is 0 Å². The van der Waals surface area contributed by atoms with Gasteiger partial charge in [0.1, 0.15) is 0 Å². The van der Waals surface area contributed by atoms with Crippen LogP contribution in [0.3, 0.4) is 0 Å². The minimum atomic E-state index is 0.0769. The first-order valence-corrected chi connectivity index (χ1v) is 7.65. The van der Waals surface area contributed by atoms with Crippen molar-refractivity contribution in [3.05, 3.63) is 42.7 Å². The van der Waals surface area contributed by atoms with E-state index in [-0.39, 0.29) is 11.9 Å². The first-order chi connectivity index (χ1) is 8.24. The van der Waals surface area contributed by atoms with Gasteiger partial charge in [-0.15, -0.1) is 0 Å². The second-order valence-electron chi connectivity index (χ2n) is 4.21. The van der Waals surface area contributed by atoms with Crippen molar-refractivity contribution in [1.29, 1.82) is 0 Å². The fourth-order valence-electron chi connectivity index (χ4n) is 1.86. The van der Waals surface area contributed by atoms with Crippen molar-refractivity contribution in [2.75, 3.05) is 0 Å². The molecule has 0 saturated heterocycles. The Labute approximate surface area is 108 Å². The van der Waals surface area contributed by atoms with E-state index in [1.807, 2.05) is 6.07 Å². The predicted octanol–water partition coefficient (Wildman–Crippen LogP) is 2.09. The number of hydrogen-bond acceptors (Lipinski definition) is 2. The molecule has 0 saturated carbocycles. The maximum atomic E-state index is 11.3. The molecule has 0 radical (unpaired) electrons. The molecule has 17 heavy (non-hydrogen) atoms. The van der Waals surface area contributed by atoms with E-state index in [0.717, 1.165) is 6.42 Å². The molecule has 1 aliphatic rings. The van der Waals surface area contributed by atoms with Crippen LogP contribution in [0.4, 0.5) is 0 Å². The summed E-state index contributed by atoms with van der Waals surface area (Å²) in [5.41, 5.74) is 0. The zero-order valence-electron chi connectivity index (χ0n) is 9.84. The van der Waals surface area contributed by atoms with E-state index in [1.54, 1.807) is 6.26 Å². The Morgan fingerprint density at radius 1 is 1.41 bits per heavy atom. The number of hydrogen-bond donors (Lipinski definition) is 0. The number of rotatable bonds is 4. The van der Waals surface area contributed by atoms with Gasteiger partial charge in [-0.3, -0.25) is 0 Å². The van der Waals surface area contributed by atoms with Gasteiger partial charge in [-0.05, 0) is 0 Å². The van der Waals surface area contributed by atoms with Gasteiger partial charge in [0, 0.05) is 0 Å². The SMILES string of the molecule is CC(CC1CC(=O)C=CO1)[Se]c1ccccc1. The fourth-order valence-corrected chi connectivity index (χ4v) is 4.14. The number of carbonyl (C=O) groups is 1. The van der Waals surface area contributed by atoms with Crippen LogP contribution in [0.1, 0.15) is 19.8 Å². The number of carbonyl (C=O) groups excluding carboxylic acids is 1. The third-order valence-corrected chi connectivity index (χ3v) is 5.02. The molecule has 1 aliphatic heterocycles. The Balaban J connectivity index is 1.83. The van der Waals surface area contributed by atoms with Gasteiger partial charge in [0.05, 0.1) is 0 Å². The van der Waals surface area contributed by atoms with Crippen molar-refractivity contribution in [2.45, 2.75) is 30.7 Å². The first kappa shape index (κ1) is 12.4. The third-order valence-electron chi connectivity index (χ3n) is 2.63. The Morgan fingerprint density at radius 2 is 2.18 bits per heavy atom. The molecule has 2 atom stereocenters. The van der Waals surface area contributed by atoms with E-state index in [4.69, 9.17) is 4.74 Å². The second-order valence-corrected chi connectivity index (χ2v) is 7.38. The molecule has 0 aliphatic carbocycles. The molecule has 2 unspecified atom stereocenters. The quantitative estimate of drug-likeness (QED) is 0.795. The van der Waals surface area contributed by atoms with Gasteiger partial charge in [-0.25, -0.2) is 0 Å². The first-order valence-electron chi connectivity index (χ1n) is 5.80. The molecule has 2 nitrogen and oxygen atoms in total. The topological polar surface area (TPSA) is 26.3 Å². The summed E-state index contributed by atoms with van der Waals surface area (Å²) in [4.78, 5) is 11.8. The fraction of sp³-hybridized carbons (Fsp3) is 0.357. The van der Waals surface area contributed by atoms with E-state index in [0.29, 0.717) is 26.2 Å². The Bertz CT molecular complexity index is 400. The molecule has 90 valence electrons. The average molecular weight is 295 g/mol. The van der Waals surface area contributed by atoms with E-state index < -0.39 is 0 Å². The van der Waals surface area contributed by atoms with Crippen molar-refractivity contribution in [1.82, 2.24) is 0 Å². The number of ether oxygens (including phenoxy) is 1. The predicted molar refractivity (Wildman–Crippen MR) is 69.5 cm³/mol. The van der Waals surface area contributed by atoms with Crippen molar-refractivity contribution in [3.63, 3.8) is 0 Å². The molecule has 1 aromatic rings. The molecule has 0 amide bonds. The van der Waals surface area contributed by atoms with Crippen LogP contribution in [0.25, 0.3) is 0 Å². The van der Waals surface area contributed by atoms with E-state index >= 15 is 0 Å². The van der Waals surface area contributed by atoms with Crippen molar-refractivity contribution >= 4 is 25.2 Å². The van der Waals surface area contributed by atoms with E-state index in [9.17, 15) is 4.79 Å². The standard InChI is InChI=1S/C14H16O2Se/c1-11(17-14-5-3-2-4-6-14)9-13-10-12(15)7-8-16-13/h2-8,11,13H,9-10H2,1H3. The summed E-state index contributed by atoms with van der Waals surface area (Å²) in [5.74, 6) is 0.181. The molecule has 1 heterocycles. The number of ketones is 1. The number of allylic oxidation sites excluding steroid dienone is 1. The summed E-state index contributed by atoms with van der Waals surface area (Å²) in [6.45, 7) is 2.24. The molecular formula is C14H16O2Se. The Kier molecular flexibility index (Phi) is 4.41. The summed E-state index contributed by atoms with van der Waals surface area (Å²) in [5, 5.41) is 0. The van der Waals surface area contributed by atoms with Gasteiger partial charge in [0.15, 0.2) is 0 Å². The molecule has 1 aromatic carbocycles. The molecule has 0 fully saturated rings. The molecule has 0 aromatic heterocycles. The summed E-state index contributed by atoms with van der Waals surface area (Å²) in [7, 11) is 0. The Hall–Kier alpha value is -1.05. The zero-order valence-corrected chi connectivity index (χ0v) is 11.5. The van der Waals surface area contributed by atoms with Gasteiger partial charge < -0.3 is 0 Å². The maximum absolute atomic E-state index is 11.3. The number of benzene rings is 1. The molecule has 0 spiro atoms. The van der Waals surface area contributed by atoms with Crippen molar-refractivity contribution < 1.29 is 9.53 Å².